The van der Waals surface area contributed by atoms with Gasteiger partial charge >= 0.3 is 0 Å². The number of thiazole rings is 1. The molecule has 5 heteroatoms. The molecule has 0 unspecified atom stereocenters. The monoisotopic (exact) mass is 237 g/mol. The second kappa shape index (κ2) is 3.57. The van der Waals surface area contributed by atoms with Crippen molar-refractivity contribution in [3.8, 4) is 11.3 Å². The number of anilines is 1. The minimum absolute atomic E-state index is 0.726. The molecule has 0 saturated heterocycles. The van der Waals surface area contributed by atoms with Crippen LogP contribution in [0.15, 0.2) is 17.0 Å². The zero-order valence-electron chi connectivity index (χ0n) is 8.38. The Labute approximate surface area is 96.6 Å². The summed E-state index contributed by atoms with van der Waals surface area (Å²) in [4.78, 5) is 6.91. The SMILES string of the molecule is CN(c1nc(-c2cnsc2)cs1)C1CC1. The van der Waals surface area contributed by atoms with Crippen LogP contribution in [0, 0.1) is 0 Å². The lowest BCUT2D eigenvalue weighted by Crippen LogP contribution is -2.18. The van der Waals surface area contributed by atoms with Crippen molar-refractivity contribution in [1.29, 1.82) is 0 Å². The quantitative estimate of drug-likeness (QED) is 0.822. The molecule has 78 valence electrons. The minimum Gasteiger partial charge on any atom is -0.348 e. The van der Waals surface area contributed by atoms with Crippen LogP contribution in [-0.4, -0.2) is 22.4 Å². The molecule has 2 aromatic heterocycles. The first-order valence-corrected chi connectivity index (χ1v) is 6.64. The Morgan fingerprint density at radius 2 is 2.27 bits per heavy atom. The van der Waals surface area contributed by atoms with Gasteiger partial charge in [-0.2, -0.15) is 0 Å². The molecular formula is C10H11N3S2. The molecule has 0 bridgehead atoms. The van der Waals surface area contributed by atoms with Gasteiger partial charge in [-0.1, -0.05) is 0 Å². The van der Waals surface area contributed by atoms with Crippen molar-refractivity contribution in [2.45, 2.75) is 18.9 Å². The molecule has 1 aliphatic carbocycles. The lowest BCUT2D eigenvalue weighted by molar-refractivity contribution is 0.909. The molecule has 0 spiro atoms. The third-order valence-corrected chi connectivity index (χ3v) is 4.13. The van der Waals surface area contributed by atoms with E-state index in [9.17, 15) is 0 Å². The topological polar surface area (TPSA) is 29.0 Å². The normalized spacial score (nSPS) is 15.5. The summed E-state index contributed by atoms with van der Waals surface area (Å²) < 4.78 is 4.09. The minimum atomic E-state index is 0.726. The summed E-state index contributed by atoms with van der Waals surface area (Å²) in [5, 5.41) is 5.27. The first-order valence-electron chi connectivity index (χ1n) is 4.93. The van der Waals surface area contributed by atoms with Crippen LogP contribution in [0.3, 0.4) is 0 Å². The van der Waals surface area contributed by atoms with E-state index in [1.54, 1.807) is 11.3 Å². The third kappa shape index (κ3) is 1.77. The first-order chi connectivity index (χ1) is 7.34. The van der Waals surface area contributed by atoms with Gasteiger partial charge in [0.15, 0.2) is 5.13 Å². The van der Waals surface area contributed by atoms with Gasteiger partial charge in [-0.05, 0) is 24.4 Å². The maximum atomic E-state index is 4.62. The Kier molecular flexibility index (Phi) is 2.21. The maximum Gasteiger partial charge on any atom is 0.185 e. The lowest BCUT2D eigenvalue weighted by atomic mass is 10.3. The van der Waals surface area contributed by atoms with Gasteiger partial charge in [-0.15, -0.1) is 11.3 Å². The van der Waals surface area contributed by atoms with Gasteiger partial charge in [0, 0.05) is 29.4 Å². The van der Waals surface area contributed by atoms with E-state index in [1.165, 1.54) is 24.4 Å². The van der Waals surface area contributed by atoms with E-state index >= 15 is 0 Å². The summed E-state index contributed by atoms with van der Waals surface area (Å²) >= 11 is 3.19. The van der Waals surface area contributed by atoms with E-state index in [0.29, 0.717) is 0 Å². The molecule has 2 aromatic rings. The van der Waals surface area contributed by atoms with E-state index in [2.05, 4.69) is 26.7 Å². The average Bonchev–Trinajstić information content (AvgIpc) is 2.80. The molecule has 0 radical (unpaired) electrons. The van der Waals surface area contributed by atoms with E-state index < -0.39 is 0 Å². The van der Waals surface area contributed by atoms with Crippen LogP contribution in [0.1, 0.15) is 12.8 Å². The molecule has 3 nitrogen and oxygen atoms in total. The first kappa shape index (κ1) is 9.30. The van der Waals surface area contributed by atoms with Crippen molar-refractivity contribution in [3.63, 3.8) is 0 Å². The summed E-state index contributed by atoms with van der Waals surface area (Å²) in [6.45, 7) is 0. The number of nitrogens with zero attached hydrogens (tertiary/aromatic N) is 3. The average molecular weight is 237 g/mol. The van der Waals surface area contributed by atoms with Gasteiger partial charge in [0.2, 0.25) is 0 Å². The summed E-state index contributed by atoms with van der Waals surface area (Å²) in [5.74, 6) is 0. The summed E-state index contributed by atoms with van der Waals surface area (Å²) in [6.07, 6.45) is 4.50. The molecule has 2 heterocycles. The van der Waals surface area contributed by atoms with Gasteiger partial charge < -0.3 is 4.90 Å². The van der Waals surface area contributed by atoms with Crippen molar-refractivity contribution in [1.82, 2.24) is 9.36 Å². The number of aromatic nitrogens is 2. The molecule has 1 aliphatic rings. The Hall–Kier alpha value is -0.940. The van der Waals surface area contributed by atoms with Crippen molar-refractivity contribution in [3.05, 3.63) is 17.0 Å². The molecule has 0 amide bonds. The fourth-order valence-corrected chi connectivity index (χ4v) is 2.91. The van der Waals surface area contributed by atoms with Crippen LogP contribution in [0.25, 0.3) is 11.3 Å². The van der Waals surface area contributed by atoms with Crippen LogP contribution in [0.4, 0.5) is 5.13 Å². The van der Waals surface area contributed by atoms with Crippen LogP contribution in [-0.2, 0) is 0 Å². The van der Waals surface area contributed by atoms with Gasteiger partial charge in [0.05, 0.1) is 11.9 Å². The predicted octanol–water partition coefficient (Wildman–Crippen LogP) is 2.87. The molecule has 1 saturated carbocycles. The van der Waals surface area contributed by atoms with Crippen molar-refractivity contribution < 1.29 is 0 Å². The Morgan fingerprint density at radius 1 is 1.40 bits per heavy atom. The van der Waals surface area contributed by atoms with Crippen molar-refractivity contribution in [2.24, 2.45) is 0 Å². The zero-order chi connectivity index (χ0) is 10.3. The van der Waals surface area contributed by atoms with E-state index in [4.69, 9.17) is 0 Å². The van der Waals surface area contributed by atoms with Gasteiger partial charge in [0.1, 0.15) is 0 Å². The highest BCUT2D eigenvalue weighted by atomic mass is 32.1. The largest absolute Gasteiger partial charge is 0.348 e. The van der Waals surface area contributed by atoms with Crippen LogP contribution < -0.4 is 4.90 Å². The highest BCUT2D eigenvalue weighted by molar-refractivity contribution is 7.14. The zero-order valence-corrected chi connectivity index (χ0v) is 10.0. The highest BCUT2D eigenvalue weighted by Gasteiger charge is 2.28. The maximum absolute atomic E-state index is 4.62. The number of hydrogen-bond acceptors (Lipinski definition) is 5. The van der Waals surface area contributed by atoms with Gasteiger partial charge in [-0.3, -0.25) is 0 Å². The fourth-order valence-electron chi connectivity index (χ4n) is 1.51. The van der Waals surface area contributed by atoms with Gasteiger partial charge in [-0.25, -0.2) is 9.36 Å². The summed E-state index contributed by atoms with van der Waals surface area (Å²) in [6, 6.07) is 0.726. The highest BCUT2D eigenvalue weighted by Crippen LogP contribution is 2.34. The Bertz CT molecular complexity index is 445. The lowest BCUT2D eigenvalue weighted by Gasteiger charge is -2.13. The van der Waals surface area contributed by atoms with E-state index in [1.807, 2.05) is 11.6 Å². The number of rotatable bonds is 3. The third-order valence-electron chi connectivity index (χ3n) is 2.62. The molecule has 1 fully saturated rings. The standard InChI is InChI=1S/C10H11N3S2/c1-13(8-2-3-8)10-12-9(6-14-10)7-4-11-15-5-7/h4-6,8H,2-3H2,1H3. The smallest absolute Gasteiger partial charge is 0.185 e. The molecular weight excluding hydrogens is 226 g/mol. The second-order valence-electron chi connectivity index (χ2n) is 3.77. The van der Waals surface area contributed by atoms with E-state index in [-0.39, 0.29) is 0 Å². The predicted molar refractivity (Wildman–Crippen MR) is 64.6 cm³/mol. The molecule has 3 rings (SSSR count). The van der Waals surface area contributed by atoms with Gasteiger partial charge in [0.25, 0.3) is 0 Å². The number of hydrogen-bond donors (Lipinski definition) is 0. The second-order valence-corrected chi connectivity index (χ2v) is 5.26. The summed E-state index contributed by atoms with van der Waals surface area (Å²) in [7, 11) is 2.13. The Morgan fingerprint density at radius 3 is 2.93 bits per heavy atom. The van der Waals surface area contributed by atoms with Crippen LogP contribution in [0.5, 0.6) is 0 Å². The fraction of sp³-hybridized carbons (Fsp3) is 0.400. The van der Waals surface area contributed by atoms with Crippen molar-refractivity contribution >= 4 is 28.0 Å². The van der Waals surface area contributed by atoms with Crippen LogP contribution in [0.2, 0.25) is 0 Å². The molecule has 0 N–H and O–H groups in total. The molecule has 0 aromatic carbocycles. The van der Waals surface area contributed by atoms with Crippen molar-refractivity contribution in [2.75, 3.05) is 11.9 Å². The van der Waals surface area contributed by atoms with Crippen LogP contribution >= 0.6 is 22.9 Å². The van der Waals surface area contributed by atoms with E-state index in [0.717, 1.165) is 22.4 Å². The molecule has 15 heavy (non-hydrogen) atoms. The Balaban J connectivity index is 1.87. The molecule has 0 aliphatic heterocycles. The summed E-state index contributed by atoms with van der Waals surface area (Å²) in [5.41, 5.74) is 2.18. The molecule has 0 atom stereocenters.